The first kappa shape index (κ1) is 13.3. The number of rotatable bonds is 4. The van der Waals surface area contributed by atoms with E-state index in [1.54, 1.807) is 6.07 Å². The molecule has 2 rings (SSSR count). The molecule has 2 aromatic rings. The van der Waals surface area contributed by atoms with Crippen LogP contribution in [0.25, 0.3) is 0 Å². The van der Waals surface area contributed by atoms with Crippen molar-refractivity contribution < 1.29 is 4.42 Å². The van der Waals surface area contributed by atoms with Crippen LogP contribution in [-0.4, -0.2) is 4.98 Å². The lowest BCUT2D eigenvalue weighted by molar-refractivity contribution is 0.432. The second kappa shape index (κ2) is 5.68. The molecule has 4 nitrogen and oxygen atoms in total. The van der Waals surface area contributed by atoms with Crippen LogP contribution in [0, 0.1) is 25.2 Å². The van der Waals surface area contributed by atoms with Crippen LogP contribution >= 0.6 is 0 Å². The molecule has 0 spiro atoms. The van der Waals surface area contributed by atoms with Crippen LogP contribution < -0.4 is 5.32 Å². The second-order valence-electron chi connectivity index (χ2n) is 4.59. The molecule has 0 aliphatic carbocycles. The van der Waals surface area contributed by atoms with Crippen LogP contribution in [0.1, 0.15) is 41.4 Å². The monoisotopic (exact) mass is 255 g/mol. The summed E-state index contributed by atoms with van der Waals surface area (Å²) in [5.41, 5.74) is 2.68. The van der Waals surface area contributed by atoms with Gasteiger partial charge in [0, 0.05) is 6.04 Å². The highest BCUT2D eigenvalue weighted by Crippen LogP contribution is 2.15. The third-order valence-electron chi connectivity index (χ3n) is 3.15. The predicted molar refractivity (Wildman–Crippen MR) is 72.4 cm³/mol. The summed E-state index contributed by atoms with van der Waals surface area (Å²) in [7, 11) is 0. The molecule has 98 valence electrons. The molecule has 0 aliphatic rings. The Morgan fingerprint density at radius 2 is 2.21 bits per heavy atom. The molecule has 0 fully saturated rings. The van der Waals surface area contributed by atoms with E-state index in [9.17, 15) is 0 Å². The van der Waals surface area contributed by atoms with Gasteiger partial charge < -0.3 is 9.73 Å². The van der Waals surface area contributed by atoms with Gasteiger partial charge in [-0.15, -0.1) is 0 Å². The zero-order valence-corrected chi connectivity index (χ0v) is 11.4. The lowest BCUT2D eigenvalue weighted by atomic mass is 10.1. The number of aryl methyl sites for hydroxylation is 2. The van der Waals surface area contributed by atoms with Gasteiger partial charge in [-0.1, -0.05) is 12.1 Å². The van der Waals surface area contributed by atoms with Crippen LogP contribution in [-0.2, 0) is 6.54 Å². The van der Waals surface area contributed by atoms with Gasteiger partial charge in [0.05, 0.1) is 23.9 Å². The van der Waals surface area contributed by atoms with Gasteiger partial charge >= 0.3 is 0 Å². The Kier molecular flexibility index (Phi) is 3.98. The van der Waals surface area contributed by atoms with Crippen molar-refractivity contribution >= 4 is 0 Å². The van der Waals surface area contributed by atoms with E-state index in [1.165, 1.54) is 0 Å². The quantitative estimate of drug-likeness (QED) is 0.912. The molecule has 0 amide bonds. The molecule has 0 saturated carbocycles. The van der Waals surface area contributed by atoms with Gasteiger partial charge in [0.25, 0.3) is 0 Å². The maximum atomic E-state index is 8.89. The maximum Gasteiger partial charge on any atom is 0.208 e. The van der Waals surface area contributed by atoms with Crippen LogP contribution in [0.3, 0.4) is 0 Å². The van der Waals surface area contributed by atoms with Crippen molar-refractivity contribution in [1.29, 1.82) is 5.26 Å². The summed E-state index contributed by atoms with van der Waals surface area (Å²) < 4.78 is 5.52. The van der Waals surface area contributed by atoms with Crippen LogP contribution in [0.15, 0.2) is 28.7 Å². The molecule has 4 heteroatoms. The maximum absolute atomic E-state index is 8.89. The van der Waals surface area contributed by atoms with Crippen molar-refractivity contribution in [2.24, 2.45) is 0 Å². The Hall–Kier alpha value is -2.12. The number of benzene rings is 1. The molecule has 19 heavy (non-hydrogen) atoms. The van der Waals surface area contributed by atoms with E-state index in [1.807, 2.05) is 32.0 Å². The minimum absolute atomic E-state index is 0.140. The van der Waals surface area contributed by atoms with Gasteiger partial charge in [-0.2, -0.15) is 5.26 Å². The molecule has 0 aliphatic heterocycles. The number of hydrogen-bond acceptors (Lipinski definition) is 4. The standard InChI is InChI=1S/C15H17N3O/c1-10-12(3)19-15(18-10)9-17-11(2)14-6-4-5-13(7-14)8-16/h4-7,11,17H,9H2,1-3H3. The summed E-state index contributed by atoms with van der Waals surface area (Å²) in [6.45, 7) is 6.47. The largest absolute Gasteiger partial charge is 0.444 e. The minimum Gasteiger partial charge on any atom is -0.444 e. The van der Waals surface area contributed by atoms with E-state index in [-0.39, 0.29) is 6.04 Å². The SMILES string of the molecule is Cc1nc(CNC(C)c2cccc(C#N)c2)oc1C. The lowest BCUT2D eigenvalue weighted by Crippen LogP contribution is -2.18. The van der Waals surface area contributed by atoms with E-state index in [0.29, 0.717) is 18.0 Å². The third kappa shape index (κ3) is 3.21. The Morgan fingerprint density at radius 3 is 2.84 bits per heavy atom. The van der Waals surface area contributed by atoms with E-state index in [2.05, 4.69) is 23.3 Å². The molecule has 1 N–H and O–H groups in total. The Labute approximate surface area is 113 Å². The molecule has 0 saturated heterocycles. The normalized spacial score (nSPS) is 12.1. The van der Waals surface area contributed by atoms with Gasteiger partial charge in [0.15, 0.2) is 0 Å². The van der Waals surface area contributed by atoms with Crippen LogP contribution in [0.2, 0.25) is 0 Å². The molecule has 1 heterocycles. The summed E-state index contributed by atoms with van der Waals surface area (Å²) in [5.74, 6) is 1.55. The Morgan fingerprint density at radius 1 is 1.42 bits per heavy atom. The average molecular weight is 255 g/mol. The molecule has 1 unspecified atom stereocenters. The van der Waals surface area contributed by atoms with Crippen molar-refractivity contribution in [1.82, 2.24) is 10.3 Å². The number of nitriles is 1. The van der Waals surface area contributed by atoms with Crippen molar-refractivity contribution in [2.45, 2.75) is 33.4 Å². The van der Waals surface area contributed by atoms with E-state index in [0.717, 1.165) is 17.0 Å². The van der Waals surface area contributed by atoms with Crippen molar-refractivity contribution in [3.8, 4) is 6.07 Å². The average Bonchev–Trinajstić information content (AvgIpc) is 2.75. The molecular weight excluding hydrogens is 238 g/mol. The van der Waals surface area contributed by atoms with Gasteiger partial charge in [0.2, 0.25) is 5.89 Å². The number of aromatic nitrogens is 1. The summed E-state index contributed by atoms with van der Waals surface area (Å²) in [6.07, 6.45) is 0. The smallest absolute Gasteiger partial charge is 0.208 e. The number of nitrogens with one attached hydrogen (secondary N) is 1. The van der Waals surface area contributed by atoms with Crippen LogP contribution in [0.4, 0.5) is 0 Å². The molecule has 1 aromatic carbocycles. The highest BCUT2D eigenvalue weighted by molar-refractivity contribution is 5.34. The summed E-state index contributed by atoms with van der Waals surface area (Å²) >= 11 is 0. The first-order valence-electron chi connectivity index (χ1n) is 6.26. The number of nitrogens with zero attached hydrogens (tertiary/aromatic N) is 2. The van der Waals surface area contributed by atoms with E-state index in [4.69, 9.17) is 9.68 Å². The molecule has 0 bridgehead atoms. The van der Waals surface area contributed by atoms with Gasteiger partial charge in [0.1, 0.15) is 5.76 Å². The topological polar surface area (TPSA) is 61.9 Å². The first-order chi connectivity index (χ1) is 9.10. The number of oxazole rings is 1. The summed E-state index contributed by atoms with van der Waals surface area (Å²) in [6, 6.07) is 9.88. The second-order valence-corrected chi connectivity index (χ2v) is 4.59. The highest BCUT2D eigenvalue weighted by Gasteiger charge is 2.09. The zero-order valence-electron chi connectivity index (χ0n) is 11.4. The van der Waals surface area contributed by atoms with E-state index >= 15 is 0 Å². The lowest BCUT2D eigenvalue weighted by Gasteiger charge is -2.13. The van der Waals surface area contributed by atoms with Crippen molar-refractivity contribution in [3.05, 3.63) is 52.7 Å². The van der Waals surface area contributed by atoms with Gasteiger partial charge in [-0.3, -0.25) is 0 Å². The Balaban J connectivity index is 2.01. The summed E-state index contributed by atoms with van der Waals surface area (Å²) in [4.78, 5) is 4.33. The van der Waals surface area contributed by atoms with Crippen LogP contribution in [0.5, 0.6) is 0 Å². The molecule has 1 aromatic heterocycles. The molecular formula is C15H17N3O. The van der Waals surface area contributed by atoms with Crippen molar-refractivity contribution in [3.63, 3.8) is 0 Å². The van der Waals surface area contributed by atoms with Crippen molar-refractivity contribution in [2.75, 3.05) is 0 Å². The minimum atomic E-state index is 0.140. The van der Waals surface area contributed by atoms with Gasteiger partial charge in [-0.05, 0) is 38.5 Å². The third-order valence-corrected chi connectivity index (χ3v) is 3.15. The number of hydrogen-bond donors (Lipinski definition) is 1. The summed E-state index contributed by atoms with van der Waals surface area (Å²) in [5, 5.41) is 12.2. The fourth-order valence-electron chi connectivity index (χ4n) is 1.85. The molecule has 0 radical (unpaired) electrons. The van der Waals surface area contributed by atoms with E-state index < -0.39 is 0 Å². The predicted octanol–water partition coefficient (Wildman–Crippen LogP) is 3.01. The fourth-order valence-corrected chi connectivity index (χ4v) is 1.85. The fraction of sp³-hybridized carbons (Fsp3) is 0.333. The zero-order chi connectivity index (χ0) is 13.8. The molecule has 1 atom stereocenters. The highest BCUT2D eigenvalue weighted by atomic mass is 16.4. The Bertz CT molecular complexity index is 591. The first-order valence-corrected chi connectivity index (χ1v) is 6.26. The van der Waals surface area contributed by atoms with Gasteiger partial charge in [-0.25, -0.2) is 4.98 Å².